The van der Waals surface area contributed by atoms with Crippen molar-refractivity contribution in [3.63, 3.8) is 0 Å². The maximum absolute atomic E-state index is 13.0. The molecule has 2 aromatic carbocycles. The second-order valence-electron chi connectivity index (χ2n) is 9.66. The number of alkyl halides is 3. The Morgan fingerprint density at radius 2 is 1.50 bits per heavy atom. The van der Waals surface area contributed by atoms with Crippen LogP contribution in [0.15, 0.2) is 48.5 Å². The van der Waals surface area contributed by atoms with E-state index in [2.05, 4.69) is 9.80 Å². The summed E-state index contributed by atoms with van der Waals surface area (Å²) in [4.78, 5) is 19.1. The summed E-state index contributed by atoms with van der Waals surface area (Å²) in [5, 5.41) is 0. The maximum Gasteiger partial charge on any atom is 0.416 e. The predicted octanol–water partition coefficient (Wildman–Crippen LogP) is 5.70. The third-order valence-electron chi connectivity index (χ3n) is 7.04. The molecule has 0 radical (unpaired) electrons. The molecule has 196 valence electrons. The lowest BCUT2D eigenvalue weighted by atomic mass is 10.1. The van der Waals surface area contributed by atoms with Crippen molar-refractivity contribution < 1.29 is 22.7 Å². The summed E-state index contributed by atoms with van der Waals surface area (Å²) in [6, 6.07) is 12.7. The van der Waals surface area contributed by atoms with E-state index < -0.39 is 11.7 Å². The van der Waals surface area contributed by atoms with Gasteiger partial charge in [-0.2, -0.15) is 13.2 Å². The second-order valence-corrected chi connectivity index (χ2v) is 9.66. The molecule has 2 heterocycles. The standard InChI is InChI=1S/C28H36F3N3O2/c29-28(30,31)24-9-6-8-23(22-24)27(35)34-19-17-33(18-20-34)25-10-12-26(13-11-25)36-21-7-16-32-14-4-2-1-3-5-15-32/h6,8-13,22H,1-5,7,14-21H2. The molecule has 0 spiro atoms. The number of carbonyl (C=O) groups excluding carboxylic acids is 1. The molecule has 1 amide bonds. The van der Waals surface area contributed by atoms with Gasteiger partial charge in [-0.25, -0.2) is 0 Å². The van der Waals surface area contributed by atoms with Crippen LogP contribution in [0.25, 0.3) is 0 Å². The summed E-state index contributed by atoms with van der Waals surface area (Å²) in [6.45, 7) is 6.36. The molecule has 4 rings (SSSR count). The van der Waals surface area contributed by atoms with Crippen molar-refractivity contribution in [2.75, 3.05) is 57.3 Å². The van der Waals surface area contributed by atoms with Crippen molar-refractivity contribution in [2.45, 2.75) is 44.7 Å². The molecule has 0 aliphatic carbocycles. The molecule has 2 fully saturated rings. The monoisotopic (exact) mass is 503 g/mol. The molecule has 36 heavy (non-hydrogen) atoms. The van der Waals surface area contributed by atoms with Crippen molar-refractivity contribution in [1.29, 1.82) is 0 Å². The quantitative estimate of drug-likeness (QED) is 0.454. The van der Waals surface area contributed by atoms with E-state index >= 15 is 0 Å². The van der Waals surface area contributed by atoms with Crippen LogP contribution >= 0.6 is 0 Å². The van der Waals surface area contributed by atoms with E-state index in [4.69, 9.17) is 4.74 Å². The highest BCUT2D eigenvalue weighted by Gasteiger charge is 2.31. The zero-order chi connectivity index (χ0) is 25.4. The Hall–Kier alpha value is -2.74. The van der Waals surface area contributed by atoms with E-state index in [0.29, 0.717) is 32.8 Å². The van der Waals surface area contributed by atoms with Crippen LogP contribution in [0.2, 0.25) is 0 Å². The molecule has 0 aromatic heterocycles. The van der Waals surface area contributed by atoms with E-state index in [1.165, 1.54) is 57.3 Å². The average molecular weight is 504 g/mol. The van der Waals surface area contributed by atoms with Crippen LogP contribution < -0.4 is 9.64 Å². The number of hydrogen-bond acceptors (Lipinski definition) is 4. The molecule has 0 N–H and O–H groups in total. The lowest BCUT2D eigenvalue weighted by molar-refractivity contribution is -0.137. The normalized spacial score (nSPS) is 18.0. The van der Waals surface area contributed by atoms with E-state index in [1.807, 2.05) is 24.3 Å². The van der Waals surface area contributed by atoms with Crippen LogP contribution in [0.4, 0.5) is 18.9 Å². The molecule has 0 atom stereocenters. The lowest BCUT2D eigenvalue weighted by Gasteiger charge is -2.36. The van der Waals surface area contributed by atoms with Crippen LogP contribution in [0.3, 0.4) is 0 Å². The Morgan fingerprint density at radius 3 is 2.17 bits per heavy atom. The molecule has 2 aliphatic heterocycles. The number of ether oxygens (including phenoxy) is 1. The fourth-order valence-corrected chi connectivity index (χ4v) is 4.95. The van der Waals surface area contributed by atoms with Crippen molar-refractivity contribution in [2.24, 2.45) is 0 Å². The number of benzene rings is 2. The summed E-state index contributed by atoms with van der Waals surface area (Å²) in [5.41, 5.74) is 0.326. The van der Waals surface area contributed by atoms with Crippen molar-refractivity contribution in [3.8, 4) is 5.75 Å². The van der Waals surface area contributed by atoms with Gasteiger partial charge in [-0.1, -0.05) is 25.3 Å². The molecule has 0 bridgehead atoms. The summed E-state index contributed by atoms with van der Waals surface area (Å²) in [6.07, 6.45) is 3.23. The van der Waals surface area contributed by atoms with Gasteiger partial charge in [-0.05, 0) is 74.8 Å². The number of carbonyl (C=O) groups is 1. The highest BCUT2D eigenvalue weighted by atomic mass is 19.4. The Morgan fingerprint density at radius 1 is 0.833 bits per heavy atom. The molecule has 5 nitrogen and oxygen atoms in total. The average Bonchev–Trinajstić information content (AvgIpc) is 2.87. The predicted molar refractivity (Wildman–Crippen MR) is 136 cm³/mol. The highest BCUT2D eigenvalue weighted by Crippen LogP contribution is 2.30. The first-order valence-electron chi connectivity index (χ1n) is 13.1. The summed E-state index contributed by atoms with van der Waals surface area (Å²) in [7, 11) is 0. The first-order chi connectivity index (χ1) is 17.4. The lowest BCUT2D eigenvalue weighted by Crippen LogP contribution is -2.48. The van der Waals surface area contributed by atoms with Gasteiger partial charge in [0.05, 0.1) is 12.2 Å². The van der Waals surface area contributed by atoms with Gasteiger partial charge in [0.15, 0.2) is 0 Å². The first kappa shape index (κ1) is 26.3. The summed E-state index contributed by atoms with van der Waals surface area (Å²) < 4.78 is 44.9. The molecule has 0 unspecified atom stereocenters. The number of piperazine rings is 1. The van der Waals surface area contributed by atoms with Crippen LogP contribution in [0, 0.1) is 0 Å². The maximum atomic E-state index is 13.0. The van der Waals surface area contributed by atoms with Gasteiger partial charge in [-0.3, -0.25) is 4.79 Å². The van der Waals surface area contributed by atoms with Crippen LogP contribution in [0.1, 0.15) is 54.4 Å². The van der Waals surface area contributed by atoms with E-state index in [1.54, 1.807) is 4.90 Å². The third-order valence-corrected chi connectivity index (χ3v) is 7.04. The Labute approximate surface area is 211 Å². The van der Waals surface area contributed by atoms with Crippen molar-refractivity contribution in [3.05, 3.63) is 59.7 Å². The van der Waals surface area contributed by atoms with Gasteiger partial charge in [0.25, 0.3) is 5.91 Å². The fourth-order valence-electron chi connectivity index (χ4n) is 4.95. The van der Waals surface area contributed by atoms with Crippen LogP contribution in [-0.2, 0) is 6.18 Å². The molecule has 8 heteroatoms. The van der Waals surface area contributed by atoms with Crippen molar-refractivity contribution in [1.82, 2.24) is 9.80 Å². The minimum absolute atomic E-state index is 0.0751. The Balaban J connectivity index is 1.20. The largest absolute Gasteiger partial charge is 0.494 e. The van der Waals surface area contributed by atoms with E-state index in [0.717, 1.165) is 36.5 Å². The fraction of sp³-hybridized carbons (Fsp3) is 0.536. The van der Waals surface area contributed by atoms with Gasteiger partial charge in [0.2, 0.25) is 0 Å². The number of likely N-dealkylation sites (tertiary alicyclic amines) is 1. The highest BCUT2D eigenvalue weighted by molar-refractivity contribution is 5.94. The van der Waals surface area contributed by atoms with E-state index in [-0.39, 0.29) is 11.5 Å². The van der Waals surface area contributed by atoms with Gasteiger partial charge >= 0.3 is 6.18 Å². The number of rotatable bonds is 7. The minimum Gasteiger partial charge on any atom is -0.494 e. The van der Waals surface area contributed by atoms with Gasteiger partial charge in [-0.15, -0.1) is 0 Å². The second kappa shape index (κ2) is 12.5. The third kappa shape index (κ3) is 7.38. The summed E-state index contributed by atoms with van der Waals surface area (Å²) >= 11 is 0. The number of nitrogens with zero attached hydrogens (tertiary/aromatic N) is 3. The zero-order valence-electron chi connectivity index (χ0n) is 20.8. The van der Waals surface area contributed by atoms with Gasteiger partial charge in [0.1, 0.15) is 5.75 Å². The Bertz CT molecular complexity index is 965. The molecular weight excluding hydrogens is 467 g/mol. The number of halogens is 3. The van der Waals surface area contributed by atoms with Gasteiger partial charge in [0, 0.05) is 44.0 Å². The molecular formula is C28H36F3N3O2. The van der Waals surface area contributed by atoms with E-state index in [9.17, 15) is 18.0 Å². The summed E-state index contributed by atoms with van der Waals surface area (Å²) in [5.74, 6) is 0.491. The Kier molecular flexibility index (Phi) is 9.13. The number of hydrogen-bond donors (Lipinski definition) is 0. The van der Waals surface area contributed by atoms with Gasteiger partial charge < -0.3 is 19.4 Å². The smallest absolute Gasteiger partial charge is 0.416 e. The topological polar surface area (TPSA) is 36.0 Å². The zero-order valence-corrected chi connectivity index (χ0v) is 20.8. The molecule has 0 saturated carbocycles. The first-order valence-corrected chi connectivity index (χ1v) is 13.1. The number of amides is 1. The van der Waals surface area contributed by atoms with Crippen LogP contribution in [-0.4, -0.2) is 68.1 Å². The number of anilines is 1. The molecule has 2 saturated heterocycles. The van der Waals surface area contributed by atoms with Crippen molar-refractivity contribution >= 4 is 11.6 Å². The van der Waals surface area contributed by atoms with Crippen LogP contribution in [0.5, 0.6) is 5.75 Å². The minimum atomic E-state index is -4.46. The SMILES string of the molecule is O=C(c1cccc(C(F)(F)F)c1)N1CCN(c2ccc(OCCCN3CCCCCCC3)cc2)CC1. The molecule has 2 aliphatic rings. The molecule has 2 aromatic rings.